The highest BCUT2D eigenvalue weighted by atomic mass is 32.1. The molecule has 0 N–H and O–H groups in total. The standard InChI is InChI=1S/C22H23F4O3PS/c1-4-28-30(27,29-5-2)19(21-14(3)18-8-6-7-9-20(18)31-21)12-15-10-16(22(24,25)26)13-17(23)11-15/h6-11,13,19H,4-5,12H2,1-3H3. The molecule has 2 aromatic carbocycles. The minimum absolute atomic E-state index is 0.0776. The highest BCUT2D eigenvalue weighted by Gasteiger charge is 2.40. The summed E-state index contributed by atoms with van der Waals surface area (Å²) < 4.78 is 79.5. The number of halogens is 4. The summed E-state index contributed by atoms with van der Waals surface area (Å²) in [5.41, 5.74) is -1.02. The van der Waals surface area contributed by atoms with E-state index >= 15 is 0 Å². The zero-order valence-electron chi connectivity index (χ0n) is 17.3. The van der Waals surface area contributed by atoms with Crippen LogP contribution in [0.2, 0.25) is 0 Å². The van der Waals surface area contributed by atoms with E-state index in [4.69, 9.17) is 9.05 Å². The van der Waals surface area contributed by atoms with E-state index in [1.54, 1.807) is 13.8 Å². The molecule has 1 heterocycles. The van der Waals surface area contributed by atoms with Gasteiger partial charge in [0, 0.05) is 9.58 Å². The van der Waals surface area contributed by atoms with Crippen LogP contribution in [0.25, 0.3) is 10.1 Å². The summed E-state index contributed by atoms with van der Waals surface area (Å²) >= 11 is 1.40. The van der Waals surface area contributed by atoms with Crippen LogP contribution in [0.4, 0.5) is 17.6 Å². The molecule has 0 amide bonds. The number of thiophene rings is 1. The first-order valence-electron chi connectivity index (χ1n) is 9.82. The van der Waals surface area contributed by atoms with Crippen molar-refractivity contribution in [1.29, 1.82) is 0 Å². The van der Waals surface area contributed by atoms with E-state index in [2.05, 4.69) is 0 Å². The van der Waals surface area contributed by atoms with Crippen molar-refractivity contribution in [2.75, 3.05) is 13.2 Å². The fourth-order valence-electron chi connectivity index (χ4n) is 3.59. The topological polar surface area (TPSA) is 35.5 Å². The van der Waals surface area contributed by atoms with Crippen molar-refractivity contribution in [2.45, 2.75) is 39.0 Å². The van der Waals surface area contributed by atoms with Gasteiger partial charge in [0.1, 0.15) is 5.82 Å². The van der Waals surface area contributed by atoms with Gasteiger partial charge < -0.3 is 9.05 Å². The summed E-state index contributed by atoms with van der Waals surface area (Å²) in [4.78, 5) is 0.698. The third-order valence-electron chi connectivity index (χ3n) is 4.90. The quantitative estimate of drug-likeness (QED) is 0.246. The number of benzene rings is 2. The van der Waals surface area contributed by atoms with Gasteiger partial charge >= 0.3 is 13.8 Å². The Labute approximate surface area is 182 Å². The van der Waals surface area contributed by atoms with Gasteiger partial charge in [-0.05, 0) is 68.0 Å². The highest BCUT2D eigenvalue weighted by molar-refractivity contribution is 7.54. The molecule has 3 aromatic rings. The fraction of sp³-hybridized carbons (Fsp3) is 0.364. The molecule has 0 spiro atoms. The van der Waals surface area contributed by atoms with Crippen molar-refractivity contribution in [3.8, 4) is 0 Å². The maximum Gasteiger partial charge on any atom is 0.416 e. The van der Waals surface area contributed by atoms with Crippen LogP contribution < -0.4 is 0 Å². The van der Waals surface area contributed by atoms with Crippen LogP contribution in [0.5, 0.6) is 0 Å². The number of alkyl halides is 3. The second kappa shape index (κ2) is 9.41. The van der Waals surface area contributed by atoms with Crippen LogP contribution in [0.1, 0.15) is 41.1 Å². The van der Waals surface area contributed by atoms with Gasteiger partial charge in [0.05, 0.1) is 24.4 Å². The van der Waals surface area contributed by atoms with Gasteiger partial charge in [-0.25, -0.2) is 4.39 Å². The third kappa shape index (κ3) is 5.20. The minimum atomic E-state index is -4.69. The molecule has 0 bridgehead atoms. The average Bonchev–Trinajstić information content (AvgIpc) is 3.02. The lowest BCUT2D eigenvalue weighted by molar-refractivity contribution is -0.137. The molecule has 9 heteroatoms. The van der Waals surface area contributed by atoms with Crippen LogP contribution in [0.3, 0.4) is 0 Å². The number of rotatable bonds is 8. The molecule has 1 unspecified atom stereocenters. The Bertz CT molecular complexity index is 1100. The molecule has 0 saturated heterocycles. The number of hydrogen-bond acceptors (Lipinski definition) is 4. The Morgan fingerprint density at radius 2 is 1.71 bits per heavy atom. The first-order valence-corrected chi connectivity index (χ1v) is 12.2. The second-order valence-electron chi connectivity index (χ2n) is 7.03. The van der Waals surface area contributed by atoms with E-state index in [-0.39, 0.29) is 25.2 Å². The van der Waals surface area contributed by atoms with Gasteiger partial charge in [-0.3, -0.25) is 4.57 Å². The van der Waals surface area contributed by atoms with Crippen molar-refractivity contribution < 1.29 is 31.2 Å². The summed E-state index contributed by atoms with van der Waals surface area (Å²) in [6, 6.07) is 9.99. The molecule has 0 aliphatic carbocycles. The zero-order chi connectivity index (χ0) is 22.8. The van der Waals surface area contributed by atoms with Crippen molar-refractivity contribution >= 4 is 29.0 Å². The smallest absolute Gasteiger partial charge is 0.308 e. The van der Waals surface area contributed by atoms with E-state index in [0.29, 0.717) is 10.9 Å². The molecule has 0 aliphatic heterocycles. The first-order chi connectivity index (χ1) is 14.6. The molecular formula is C22H23F4O3PS. The normalized spacial score (nSPS) is 13.6. The molecule has 168 valence electrons. The van der Waals surface area contributed by atoms with Crippen molar-refractivity contribution in [2.24, 2.45) is 0 Å². The van der Waals surface area contributed by atoms with E-state index in [9.17, 15) is 22.1 Å². The molecule has 1 aromatic heterocycles. The SMILES string of the molecule is CCOP(=O)(OCC)C(Cc1cc(F)cc(C(F)(F)F)c1)c1sc2ccccc2c1C. The number of fused-ring (bicyclic) bond motifs is 1. The fourth-order valence-corrected chi connectivity index (χ4v) is 7.40. The Morgan fingerprint density at radius 3 is 2.29 bits per heavy atom. The van der Waals surface area contributed by atoms with Crippen LogP contribution in [0.15, 0.2) is 42.5 Å². The number of hydrogen-bond donors (Lipinski definition) is 0. The third-order valence-corrected chi connectivity index (χ3v) is 8.90. The van der Waals surface area contributed by atoms with Crippen molar-refractivity contribution in [3.05, 3.63) is 69.8 Å². The highest BCUT2D eigenvalue weighted by Crippen LogP contribution is 2.64. The average molecular weight is 474 g/mol. The Hall–Kier alpha value is -1.73. The maximum absolute atomic E-state index is 14.0. The lowest BCUT2D eigenvalue weighted by Gasteiger charge is -2.26. The number of aryl methyl sites for hydroxylation is 1. The predicted octanol–water partition coefficient (Wildman–Crippen LogP) is 7.92. The molecule has 0 saturated carbocycles. The van der Waals surface area contributed by atoms with E-state index in [1.807, 2.05) is 31.2 Å². The second-order valence-corrected chi connectivity index (χ2v) is 10.3. The van der Waals surface area contributed by atoms with E-state index < -0.39 is 30.8 Å². The van der Waals surface area contributed by atoms with Gasteiger partial charge in [0.25, 0.3) is 0 Å². The molecule has 31 heavy (non-hydrogen) atoms. The maximum atomic E-state index is 14.0. The summed E-state index contributed by atoms with van der Waals surface area (Å²) in [5, 5.41) is 0.960. The summed E-state index contributed by atoms with van der Waals surface area (Å²) in [5.74, 6) is -1.00. The summed E-state index contributed by atoms with van der Waals surface area (Å²) in [7, 11) is -3.76. The summed E-state index contributed by atoms with van der Waals surface area (Å²) in [6.07, 6.45) is -4.81. The Kier molecular flexibility index (Phi) is 7.26. The molecule has 0 aliphatic rings. The first kappa shape index (κ1) is 23.9. The molecule has 3 nitrogen and oxygen atoms in total. The lowest BCUT2D eigenvalue weighted by Crippen LogP contribution is -2.11. The molecule has 0 radical (unpaired) electrons. The molecule has 1 atom stereocenters. The van der Waals surface area contributed by atoms with E-state index in [1.165, 1.54) is 11.3 Å². The Morgan fingerprint density at radius 1 is 1.06 bits per heavy atom. The van der Waals surface area contributed by atoms with Gasteiger partial charge in [0.15, 0.2) is 0 Å². The molecule has 3 rings (SSSR count). The monoisotopic (exact) mass is 474 g/mol. The van der Waals surface area contributed by atoms with Gasteiger partial charge in [-0.15, -0.1) is 11.3 Å². The molecular weight excluding hydrogens is 451 g/mol. The van der Waals surface area contributed by atoms with Gasteiger partial charge in [0.2, 0.25) is 0 Å². The zero-order valence-corrected chi connectivity index (χ0v) is 19.0. The van der Waals surface area contributed by atoms with Crippen molar-refractivity contribution in [3.63, 3.8) is 0 Å². The van der Waals surface area contributed by atoms with Crippen LogP contribution in [-0.2, 0) is 26.2 Å². The van der Waals surface area contributed by atoms with E-state index in [0.717, 1.165) is 27.8 Å². The predicted molar refractivity (Wildman–Crippen MR) is 115 cm³/mol. The van der Waals surface area contributed by atoms with Crippen LogP contribution in [-0.4, -0.2) is 13.2 Å². The van der Waals surface area contributed by atoms with Crippen LogP contribution >= 0.6 is 18.9 Å². The van der Waals surface area contributed by atoms with Crippen LogP contribution in [0, 0.1) is 12.7 Å². The largest absolute Gasteiger partial charge is 0.416 e. The molecule has 0 fully saturated rings. The Balaban J connectivity index is 2.16. The van der Waals surface area contributed by atoms with Crippen molar-refractivity contribution in [1.82, 2.24) is 0 Å². The minimum Gasteiger partial charge on any atom is -0.308 e. The van der Waals surface area contributed by atoms with Gasteiger partial charge in [-0.2, -0.15) is 13.2 Å². The van der Waals surface area contributed by atoms with Gasteiger partial charge in [-0.1, -0.05) is 18.2 Å². The summed E-state index contributed by atoms with van der Waals surface area (Å²) in [6.45, 7) is 5.42. The lowest BCUT2D eigenvalue weighted by atomic mass is 10.0.